The van der Waals surface area contributed by atoms with Crippen molar-refractivity contribution in [3.63, 3.8) is 0 Å². The lowest BCUT2D eigenvalue weighted by Gasteiger charge is -2.16. The monoisotopic (exact) mass is 407 g/mol. The highest BCUT2D eigenvalue weighted by atomic mass is 32.2. The van der Waals surface area contributed by atoms with Gasteiger partial charge in [0.2, 0.25) is 15.9 Å². The van der Waals surface area contributed by atoms with E-state index in [0.29, 0.717) is 6.07 Å². The lowest BCUT2D eigenvalue weighted by Crippen LogP contribution is -2.42. The van der Waals surface area contributed by atoms with Gasteiger partial charge in [-0.2, -0.15) is 17.9 Å². The van der Waals surface area contributed by atoms with Gasteiger partial charge in [0.15, 0.2) is 5.13 Å². The van der Waals surface area contributed by atoms with E-state index in [-0.39, 0.29) is 5.13 Å². The van der Waals surface area contributed by atoms with Gasteiger partial charge in [-0.25, -0.2) is 13.4 Å². The number of aryl methyl sites for hydroxylation is 2. The van der Waals surface area contributed by atoms with Crippen LogP contribution in [-0.2, 0) is 21.0 Å². The number of nitrogens with one attached hydrogen (secondary N) is 2. The topological polar surface area (TPSA) is 88.2 Å². The van der Waals surface area contributed by atoms with Crippen molar-refractivity contribution in [2.24, 2.45) is 0 Å². The van der Waals surface area contributed by atoms with Gasteiger partial charge >= 0.3 is 6.18 Å². The summed E-state index contributed by atoms with van der Waals surface area (Å²) in [5.74, 6) is -0.730. The Balaban J connectivity index is 2.20. The number of hydrogen-bond donors (Lipinski definition) is 2. The van der Waals surface area contributed by atoms with Crippen LogP contribution in [0, 0.1) is 13.8 Å². The summed E-state index contributed by atoms with van der Waals surface area (Å²) in [6.45, 7) is 4.79. The summed E-state index contributed by atoms with van der Waals surface area (Å²) < 4.78 is 65.7. The Morgan fingerprint density at radius 2 is 1.85 bits per heavy atom. The number of sulfonamides is 1. The molecule has 0 radical (unpaired) electrons. The van der Waals surface area contributed by atoms with Crippen molar-refractivity contribution in [2.75, 3.05) is 5.32 Å². The molecule has 0 bridgehead atoms. The molecular formula is C15H16F3N3O3S2. The van der Waals surface area contributed by atoms with Crippen molar-refractivity contribution in [3.8, 4) is 0 Å². The number of anilines is 1. The Labute approximate surface area is 152 Å². The third-order valence-corrected chi connectivity index (χ3v) is 6.05. The first-order chi connectivity index (χ1) is 11.9. The van der Waals surface area contributed by atoms with Crippen molar-refractivity contribution in [3.05, 3.63) is 40.4 Å². The van der Waals surface area contributed by atoms with Crippen molar-refractivity contribution in [2.45, 2.75) is 37.9 Å². The molecule has 11 heteroatoms. The van der Waals surface area contributed by atoms with Gasteiger partial charge in [0.05, 0.1) is 22.2 Å². The lowest BCUT2D eigenvalue weighted by molar-refractivity contribution is -0.139. The first-order valence-corrected chi connectivity index (χ1v) is 9.65. The summed E-state index contributed by atoms with van der Waals surface area (Å²) in [6.07, 6.45) is -4.84. The largest absolute Gasteiger partial charge is 0.417 e. The maximum absolute atomic E-state index is 13.0. The number of thiazole rings is 1. The minimum atomic E-state index is -4.84. The molecular weight excluding hydrogens is 391 g/mol. The van der Waals surface area contributed by atoms with E-state index in [4.69, 9.17) is 0 Å². The molecule has 2 N–H and O–H groups in total. The number of nitrogens with zero attached hydrogens (tertiary/aromatic N) is 1. The second kappa shape index (κ2) is 7.33. The van der Waals surface area contributed by atoms with Crippen molar-refractivity contribution >= 4 is 32.4 Å². The van der Waals surface area contributed by atoms with Crippen LogP contribution in [0.15, 0.2) is 29.2 Å². The van der Waals surface area contributed by atoms with E-state index in [1.807, 2.05) is 11.6 Å². The molecule has 1 heterocycles. The molecule has 0 saturated carbocycles. The average molecular weight is 407 g/mol. The van der Waals surface area contributed by atoms with Gasteiger partial charge in [-0.15, -0.1) is 11.3 Å². The molecule has 0 spiro atoms. The highest BCUT2D eigenvalue weighted by molar-refractivity contribution is 7.89. The Bertz CT molecular complexity index is 904. The molecule has 0 fully saturated rings. The second-order valence-electron chi connectivity index (χ2n) is 5.49. The van der Waals surface area contributed by atoms with E-state index in [1.165, 1.54) is 24.3 Å². The number of halogens is 3. The standard InChI is InChI=1S/C15H16F3N3O3S2/c1-8-10(3)25-14(19-8)20-13(22)9(2)21-26(23,24)12-7-5-4-6-11(12)15(16,17)18/h4-7,9,21H,1-3H3,(H,19,20,22)/t9-/m1/s1. The van der Waals surface area contributed by atoms with Crippen LogP contribution in [0.1, 0.15) is 23.1 Å². The summed E-state index contributed by atoms with van der Waals surface area (Å²) in [7, 11) is -4.56. The van der Waals surface area contributed by atoms with E-state index in [0.717, 1.165) is 22.7 Å². The first-order valence-electron chi connectivity index (χ1n) is 7.35. The van der Waals surface area contributed by atoms with Gasteiger partial charge in [-0.3, -0.25) is 4.79 Å². The summed E-state index contributed by atoms with van der Waals surface area (Å²) in [5.41, 5.74) is -0.580. The average Bonchev–Trinajstić information content (AvgIpc) is 2.84. The zero-order chi connectivity index (χ0) is 19.7. The fourth-order valence-electron chi connectivity index (χ4n) is 2.02. The van der Waals surface area contributed by atoms with Crippen LogP contribution in [0.2, 0.25) is 0 Å². The van der Waals surface area contributed by atoms with Crippen molar-refractivity contribution in [1.29, 1.82) is 0 Å². The molecule has 6 nitrogen and oxygen atoms in total. The van der Waals surface area contributed by atoms with Crippen LogP contribution >= 0.6 is 11.3 Å². The quantitative estimate of drug-likeness (QED) is 0.797. The van der Waals surface area contributed by atoms with Gasteiger partial charge in [0.25, 0.3) is 0 Å². The lowest BCUT2D eigenvalue weighted by atomic mass is 10.2. The van der Waals surface area contributed by atoms with Gasteiger partial charge in [0.1, 0.15) is 0 Å². The number of carbonyl (C=O) groups excluding carboxylic acids is 1. The molecule has 0 aliphatic heterocycles. The van der Waals surface area contributed by atoms with Crippen molar-refractivity contribution in [1.82, 2.24) is 9.71 Å². The van der Waals surface area contributed by atoms with Crippen LogP contribution in [0.5, 0.6) is 0 Å². The first kappa shape index (κ1) is 20.3. The molecule has 1 aromatic carbocycles. The minimum Gasteiger partial charge on any atom is -0.301 e. The fraction of sp³-hybridized carbons (Fsp3) is 0.333. The molecule has 142 valence electrons. The zero-order valence-electron chi connectivity index (χ0n) is 14.0. The predicted molar refractivity (Wildman–Crippen MR) is 91.4 cm³/mol. The number of carbonyl (C=O) groups is 1. The minimum absolute atomic E-state index is 0.284. The van der Waals surface area contributed by atoms with Gasteiger partial charge in [-0.1, -0.05) is 12.1 Å². The smallest absolute Gasteiger partial charge is 0.301 e. The van der Waals surface area contributed by atoms with Crippen LogP contribution in [0.4, 0.5) is 18.3 Å². The number of alkyl halides is 3. The molecule has 2 rings (SSSR count). The maximum Gasteiger partial charge on any atom is 0.417 e. The molecule has 2 aromatic rings. The molecule has 1 amide bonds. The third-order valence-electron chi connectivity index (χ3n) is 3.47. The number of rotatable bonds is 5. The molecule has 0 unspecified atom stereocenters. The fourth-order valence-corrected chi connectivity index (χ4v) is 4.27. The normalized spacial score (nSPS) is 13.5. The summed E-state index contributed by atoms with van der Waals surface area (Å²) >= 11 is 1.21. The highest BCUT2D eigenvalue weighted by Gasteiger charge is 2.37. The van der Waals surface area contributed by atoms with Crippen LogP contribution in [0.3, 0.4) is 0 Å². The molecule has 26 heavy (non-hydrogen) atoms. The third kappa shape index (κ3) is 4.59. The van der Waals surface area contributed by atoms with E-state index in [1.54, 1.807) is 6.92 Å². The molecule has 0 aliphatic carbocycles. The summed E-state index contributed by atoms with van der Waals surface area (Å²) in [4.78, 5) is 16.2. The van der Waals surface area contributed by atoms with E-state index >= 15 is 0 Å². The van der Waals surface area contributed by atoms with Crippen LogP contribution < -0.4 is 10.0 Å². The second-order valence-corrected chi connectivity index (χ2v) is 8.37. The van der Waals surface area contributed by atoms with Crippen LogP contribution in [0.25, 0.3) is 0 Å². The Morgan fingerprint density at radius 1 is 1.23 bits per heavy atom. The van der Waals surface area contributed by atoms with Gasteiger partial charge in [0, 0.05) is 4.88 Å². The molecule has 1 aromatic heterocycles. The Morgan fingerprint density at radius 3 is 2.38 bits per heavy atom. The summed E-state index contributed by atoms with van der Waals surface area (Å²) in [6, 6.07) is 2.47. The van der Waals surface area contributed by atoms with Crippen molar-refractivity contribution < 1.29 is 26.4 Å². The number of aromatic nitrogens is 1. The predicted octanol–water partition coefficient (Wildman–Crippen LogP) is 3.08. The molecule has 1 atom stereocenters. The zero-order valence-corrected chi connectivity index (χ0v) is 15.6. The number of hydrogen-bond acceptors (Lipinski definition) is 5. The highest BCUT2D eigenvalue weighted by Crippen LogP contribution is 2.34. The van der Waals surface area contributed by atoms with Gasteiger partial charge in [-0.05, 0) is 32.9 Å². The molecule has 0 aliphatic rings. The number of amides is 1. The number of benzene rings is 1. The maximum atomic E-state index is 13.0. The van der Waals surface area contributed by atoms with Crippen LogP contribution in [-0.4, -0.2) is 25.4 Å². The van der Waals surface area contributed by atoms with E-state index in [9.17, 15) is 26.4 Å². The summed E-state index contributed by atoms with van der Waals surface area (Å²) in [5, 5.41) is 2.73. The molecule has 0 saturated heterocycles. The Hall–Kier alpha value is -1.98. The van der Waals surface area contributed by atoms with E-state index < -0.39 is 38.6 Å². The Kier molecular flexibility index (Phi) is 5.73. The SMILES string of the molecule is Cc1nc(NC(=O)[C@@H](C)NS(=O)(=O)c2ccccc2C(F)(F)F)sc1C. The van der Waals surface area contributed by atoms with E-state index in [2.05, 4.69) is 10.3 Å². The van der Waals surface area contributed by atoms with Gasteiger partial charge < -0.3 is 5.32 Å².